The number of rotatable bonds is 4. The molecule has 1 aliphatic rings. The summed E-state index contributed by atoms with van der Waals surface area (Å²) in [6.45, 7) is 2.93. The number of hydrogen-bond donors (Lipinski definition) is 1. The molecule has 0 aromatic heterocycles. The van der Waals surface area contributed by atoms with Gasteiger partial charge in [0.1, 0.15) is 5.88 Å². The van der Waals surface area contributed by atoms with Gasteiger partial charge in [-0.15, -0.1) is 16.3 Å². The zero-order chi connectivity index (χ0) is 14.6. The van der Waals surface area contributed by atoms with Crippen molar-refractivity contribution in [2.45, 2.75) is 19.4 Å². The fourth-order valence-corrected chi connectivity index (χ4v) is 4.50. The number of amides is 1. The number of carbonyl (C=O) groups excluding carboxylic acids is 1. The minimum absolute atomic E-state index is 0.113. The van der Waals surface area contributed by atoms with Crippen LogP contribution in [0, 0.1) is 0 Å². The standard InChI is InChI=1S/C13H18ClN2O3P/c1-11(12-6-3-2-4-7-12)16-8-5-9-19-20(16,18)15-13(17)10-14/h2-4,6-7,11H,5,8-10H2,1H3,(H,15,17,18). The third-order valence-electron chi connectivity index (χ3n) is 3.25. The van der Waals surface area contributed by atoms with Crippen LogP contribution in [0.5, 0.6) is 0 Å². The molecule has 1 aromatic rings. The minimum Gasteiger partial charge on any atom is -0.622 e. The molecule has 1 heterocycles. The maximum absolute atomic E-state index is 12.9. The fourth-order valence-electron chi connectivity index (χ4n) is 2.23. The molecular weight excluding hydrogens is 299 g/mol. The molecule has 2 rings (SSSR count). The highest BCUT2D eigenvalue weighted by Gasteiger charge is 2.44. The second-order valence-corrected chi connectivity index (χ2v) is 6.93. The Bertz CT molecular complexity index is 462. The third kappa shape index (κ3) is 3.48. The summed E-state index contributed by atoms with van der Waals surface area (Å²) in [5, 5.41) is 2.43. The Morgan fingerprint density at radius 2 is 2.25 bits per heavy atom. The lowest BCUT2D eigenvalue weighted by Gasteiger charge is -2.43. The molecule has 1 fully saturated rings. The van der Waals surface area contributed by atoms with Crippen LogP contribution in [-0.2, 0) is 9.32 Å². The van der Waals surface area contributed by atoms with Crippen LogP contribution in [0.2, 0.25) is 0 Å². The third-order valence-corrected chi connectivity index (χ3v) is 5.78. The van der Waals surface area contributed by atoms with Crippen molar-refractivity contribution in [3.05, 3.63) is 35.9 Å². The Kier molecular flexibility index (Phi) is 5.35. The van der Waals surface area contributed by atoms with E-state index in [-0.39, 0.29) is 11.9 Å². The van der Waals surface area contributed by atoms with Gasteiger partial charge in [0.25, 0.3) is 13.9 Å². The smallest absolute Gasteiger partial charge is 0.276 e. The van der Waals surface area contributed by atoms with Gasteiger partial charge in [-0.3, -0.25) is 4.79 Å². The molecule has 0 spiro atoms. The van der Waals surface area contributed by atoms with Gasteiger partial charge < -0.3 is 4.89 Å². The second-order valence-electron chi connectivity index (χ2n) is 4.63. The first kappa shape index (κ1) is 15.7. The maximum Gasteiger partial charge on any atom is 0.276 e. The molecule has 2 atom stereocenters. The summed E-state index contributed by atoms with van der Waals surface area (Å²) in [4.78, 5) is 24.3. The van der Waals surface area contributed by atoms with Gasteiger partial charge in [-0.1, -0.05) is 30.3 Å². The quantitative estimate of drug-likeness (QED) is 0.680. The molecule has 1 aromatic carbocycles. The van der Waals surface area contributed by atoms with Crippen LogP contribution in [0.3, 0.4) is 0 Å². The molecule has 110 valence electrons. The van der Waals surface area contributed by atoms with Crippen molar-refractivity contribution < 1.29 is 14.2 Å². The number of nitrogens with zero attached hydrogens (tertiary/aromatic N) is 1. The monoisotopic (exact) mass is 316 g/mol. The molecule has 1 aliphatic heterocycles. The Labute approximate surface area is 124 Å². The van der Waals surface area contributed by atoms with Crippen LogP contribution in [0.15, 0.2) is 30.3 Å². The number of hydrogen-bond acceptors (Lipinski definition) is 4. The van der Waals surface area contributed by atoms with E-state index in [2.05, 4.69) is 5.09 Å². The van der Waals surface area contributed by atoms with Crippen molar-refractivity contribution in [2.24, 2.45) is 0 Å². The highest BCUT2D eigenvalue weighted by molar-refractivity contribution is 7.60. The highest BCUT2D eigenvalue weighted by atomic mass is 35.5. The Morgan fingerprint density at radius 1 is 1.55 bits per heavy atom. The molecular formula is C13H18ClN2O3P. The average molecular weight is 317 g/mol. The molecule has 7 heteroatoms. The van der Waals surface area contributed by atoms with Gasteiger partial charge in [0, 0.05) is 6.54 Å². The topological polar surface area (TPSA) is 64.6 Å². The number of halogens is 1. The van der Waals surface area contributed by atoms with Crippen LogP contribution < -0.4 is 9.98 Å². The molecule has 1 amide bonds. The molecule has 5 nitrogen and oxygen atoms in total. The van der Waals surface area contributed by atoms with Gasteiger partial charge in [0.05, 0.1) is 12.6 Å². The summed E-state index contributed by atoms with van der Waals surface area (Å²) in [5.41, 5.74) is 1.03. The van der Waals surface area contributed by atoms with E-state index in [0.29, 0.717) is 13.2 Å². The van der Waals surface area contributed by atoms with E-state index in [1.165, 1.54) is 0 Å². The molecule has 1 N–H and O–H groups in total. The molecule has 0 aliphatic carbocycles. The normalized spacial score (nSPS) is 25.1. The minimum atomic E-state index is -3.37. The van der Waals surface area contributed by atoms with Crippen molar-refractivity contribution in [1.82, 2.24) is 9.76 Å². The summed E-state index contributed by atoms with van der Waals surface area (Å²) in [6.07, 6.45) is 0.776. The number of carbonyl (C=O) groups is 1. The van der Waals surface area contributed by atoms with Crippen LogP contribution in [0.25, 0.3) is 0 Å². The van der Waals surface area contributed by atoms with Crippen LogP contribution in [-0.4, -0.2) is 29.6 Å². The van der Waals surface area contributed by atoms with E-state index >= 15 is 0 Å². The summed E-state index contributed by atoms with van der Waals surface area (Å²) in [7, 11) is -3.37. The summed E-state index contributed by atoms with van der Waals surface area (Å²) in [6, 6.07) is 9.60. The lowest BCUT2D eigenvalue weighted by atomic mass is 10.1. The van der Waals surface area contributed by atoms with Crippen molar-refractivity contribution in [2.75, 3.05) is 19.0 Å². The number of nitrogens with one attached hydrogen (secondary N) is 1. The lowest BCUT2D eigenvalue weighted by molar-refractivity contribution is -0.217. The first-order valence-electron chi connectivity index (χ1n) is 6.50. The first-order valence-corrected chi connectivity index (χ1v) is 8.62. The molecule has 20 heavy (non-hydrogen) atoms. The van der Waals surface area contributed by atoms with E-state index in [1.54, 1.807) is 4.67 Å². The molecule has 2 unspecified atom stereocenters. The van der Waals surface area contributed by atoms with E-state index in [1.807, 2.05) is 37.3 Å². The van der Waals surface area contributed by atoms with E-state index in [0.717, 1.165) is 12.0 Å². The molecule has 0 bridgehead atoms. The summed E-state index contributed by atoms with van der Waals surface area (Å²) >= 11 is 5.47. The van der Waals surface area contributed by atoms with E-state index in [9.17, 15) is 9.69 Å². The average Bonchev–Trinajstić information content (AvgIpc) is 2.47. The van der Waals surface area contributed by atoms with Crippen molar-refractivity contribution in [3.8, 4) is 0 Å². The van der Waals surface area contributed by atoms with Gasteiger partial charge in [0.15, 0.2) is 0 Å². The zero-order valence-corrected chi connectivity index (χ0v) is 12.9. The van der Waals surface area contributed by atoms with Crippen molar-refractivity contribution >= 4 is 25.5 Å². The van der Waals surface area contributed by atoms with Gasteiger partial charge in [-0.2, -0.15) is 9.61 Å². The largest absolute Gasteiger partial charge is 0.622 e. The Morgan fingerprint density at radius 3 is 2.90 bits per heavy atom. The summed E-state index contributed by atoms with van der Waals surface area (Å²) in [5.74, 6) is -0.719. The zero-order valence-electron chi connectivity index (χ0n) is 11.3. The Balaban J connectivity index is 2.20. The van der Waals surface area contributed by atoms with Gasteiger partial charge in [-0.25, -0.2) is 0 Å². The van der Waals surface area contributed by atoms with Gasteiger partial charge in [-0.05, 0) is 18.9 Å². The lowest BCUT2D eigenvalue weighted by Crippen LogP contribution is -2.47. The number of benzene rings is 1. The van der Waals surface area contributed by atoms with Crippen LogP contribution >= 0.6 is 19.6 Å². The molecule has 0 radical (unpaired) electrons. The maximum atomic E-state index is 12.9. The van der Waals surface area contributed by atoms with Crippen molar-refractivity contribution in [1.29, 1.82) is 0 Å². The number of alkyl halides is 1. The van der Waals surface area contributed by atoms with Crippen molar-refractivity contribution in [3.63, 3.8) is 0 Å². The molecule has 1 saturated heterocycles. The van der Waals surface area contributed by atoms with Gasteiger partial charge >= 0.3 is 0 Å². The van der Waals surface area contributed by atoms with Crippen LogP contribution in [0.4, 0.5) is 0 Å². The SMILES string of the molecule is CC(c1ccccc1)N1CCCO[P+]1([O-])NC(=O)CCl. The summed E-state index contributed by atoms with van der Waals surface area (Å²) < 4.78 is 7.10. The molecule has 0 saturated carbocycles. The second kappa shape index (κ2) is 6.83. The predicted octanol–water partition coefficient (Wildman–Crippen LogP) is 1.86. The highest BCUT2D eigenvalue weighted by Crippen LogP contribution is 2.56. The predicted molar refractivity (Wildman–Crippen MR) is 77.9 cm³/mol. The fraction of sp³-hybridized carbons (Fsp3) is 0.462. The Hall–Kier alpha value is -0.710. The van der Waals surface area contributed by atoms with Gasteiger partial charge in [0.2, 0.25) is 0 Å². The van der Waals surface area contributed by atoms with E-state index in [4.69, 9.17) is 16.1 Å². The first-order chi connectivity index (χ1) is 9.57. The van der Waals surface area contributed by atoms with E-state index < -0.39 is 13.9 Å². The van der Waals surface area contributed by atoms with Crippen LogP contribution in [0.1, 0.15) is 24.9 Å².